The van der Waals surface area contributed by atoms with Gasteiger partial charge in [-0.1, -0.05) is 40.2 Å². The van der Waals surface area contributed by atoms with Crippen molar-refractivity contribution in [2.24, 2.45) is 0 Å². The molecule has 118 valence electrons. The molecule has 0 N–H and O–H groups in total. The van der Waals surface area contributed by atoms with E-state index in [1.54, 1.807) is 11.3 Å². The lowest BCUT2D eigenvalue weighted by Gasteiger charge is -2.09. The van der Waals surface area contributed by atoms with Gasteiger partial charge in [-0.05, 0) is 48.9 Å². The Kier molecular flexibility index (Phi) is 5.13. The summed E-state index contributed by atoms with van der Waals surface area (Å²) >= 11 is 5.42. The molecule has 0 aliphatic carbocycles. The number of hydrogen-bond donors (Lipinski definition) is 0. The smallest absolute Gasteiger partial charge is 0.127 e. The van der Waals surface area contributed by atoms with Crippen molar-refractivity contribution in [2.45, 2.75) is 11.8 Å². The minimum Gasteiger partial charge on any atom is -0.493 e. The van der Waals surface area contributed by atoms with Gasteiger partial charge in [-0.25, -0.2) is 4.39 Å². The van der Waals surface area contributed by atoms with Gasteiger partial charge in [0.05, 0.1) is 11.4 Å². The Bertz CT molecular complexity index is 782. The second-order valence-corrected chi connectivity index (χ2v) is 7.08. The van der Waals surface area contributed by atoms with E-state index in [1.165, 1.54) is 17.0 Å². The fraction of sp³-hybridized carbons (Fsp3) is 0.158. The summed E-state index contributed by atoms with van der Waals surface area (Å²) in [6.45, 7) is 2.63. The zero-order valence-corrected chi connectivity index (χ0v) is 15.0. The maximum Gasteiger partial charge on any atom is 0.127 e. The third-order valence-electron chi connectivity index (χ3n) is 3.49. The van der Waals surface area contributed by atoms with Gasteiger partial charge < -0.3 is 4.74 Å². The largest absolute Gasteiger partial charge is 0.493 e. The van der Waals surface area contributed by atoms with E-state index in [-0.39, 0.29) is 10.6 Å². The minimum absolute atomic E-state index is 0.0566. The highest BCUT2D eigenvalue weighted by molar-refractivity contribution is 9.09. The van der Waals surface area contributed by atoms with Crippen LogP contribution in [0.4, 0.5) is 4.39 Å². The third kappa shape index (κ3) is 3.65. The Balaban J connectivity index is 1.90. The second-order valence-electron chi connectivity index (χ2n) is 5.05. The molecular formula is C19H16BrFOS. The van der Waals surface area contributed by atoms with Crippen LogP contribution in [0, 0.1) is 5.82 Å². The molecule has 23 heavy (non-hydrogen) atoms. The van der Waals surface area contributed by atoms with Crippen LogP contribution in [0.5, 0.6) is 5.75 Å². The van der Waals surface area contributed by atoms with E-state index < -0.39 is 0 Å². The molecule has 0 radical (unpaired) electrons. The van der Waals surface area contributed by atoms with Crippen LogP contribution < -0.4 is 4.74 Å². The lowest BCUT2D eigenvalue weighted by atomic mass is 10.1. The molecule has 0 saturated carbocycles. The molecule has 2 aromatic carbocycles. The summed E-state index contributed by atoms with van der Waals surface area (Å²) < 4.78 is 18.8. The first kappa shape index (κ1) is 16.2. The maximum absolute atomic E-state index is 13.1. The molecule has 0 aliphatic rings. The number of benzene rings is 2. The molecule has 4 heteroatoms. The first-order chi connectivity index (χ1) is 11.2. The van der Waals surface area contributed by atoms with Crippen molar-refractivity contribution in [3.05, 3.63) is 76.9 Å². The molecule has 0 bridgehead atoms. The topological polar surface area (TPSA) is 9.23 Å². The summed E-state index contributed by atoms with van der Waals surface area (Å²) in [6, 6.07) is 18.9. The Labute approximate surface area is 147 Å². The van der Waals surface area contributed by atoms with Crippen molar-refractivity contribution in [1.29, 1.82) is 0 Å². The van der Waals surface area contributed by atoms with Gasteiger partial charge in [0.1, 0.15) is 11.6 Å². The normalized spacial score (nSPS) is 12.1. The molecule has 0 amide bonds. The predicted octanol–water partition coefficient (Wildman–Crippen LogP) is 6.44. The zero-order chi connectivity index (χ0) is 16.2. The molecule has 1 nitrogen and oxygen atoms in total. The van der Waals surface area contributed by atoms with Crippen molar-refractivity contribution in [2.75, 3.05) is 6.61 Å². The molecule has 3 rings (SSSR count). The van der Waals surface area contributed by atoms with Crippen molar-refractivity contribution in [1.82, 2.24) is 0 Å². The first-order valence-corrected chi connectivity index (χ1v) is 9.13. The molecule has 1 aromatic heterocycles. The third-order valence-corrected chi connectivity index (χ3v) is 6.00. The highest BCUT2D eigenvalue weighted by Gasteiger charge is 2.15. The van der Waals surface area contributed by atoms with Gasteiger partial charge in [0, 0.05) is 15.3 Å². The van der Waals surface area contributed by atoms with Gasteiger partial charge in [0.2, 0.25) is 0 Å². The second kappa shape index (κ2) is 7.28. The molecule has 1 atom stereocenters. The van der Waals surface area contributed by atoms with Gasteiger partial charge in [0.25, 0.3) is 0 Å². The van der Waals surface area contributed by atoms with Crippen molar-refractivity contribution >= 4 is 27.3 Å². The van der Waals surface area contributed by atoms with Crippen LogP contribution in [-0.2, 0) is 0 Å². The first-order valence-electron chi connectivity index (χ1n) is 7.40. The van der Waals surface area contributed by atoms with Crippen molar-refractivity contribution in [3.8, 4) is 16.2 Å². The average Bonchev–Trinajstić information content (AvgIpc) is 3.05. The maximum atomic E-state index is 13.1. The number of hydrogen-bond acceptors (Lipinski definition) is 2. The van der Waals surface area contributed by atoms with Gasteiger partial charge in [-0.15, -0.1) is 11.3 Å². The summed E-state index contributed by atoms with van der Waals surface area (Å²) in [7, 11) is 0. The van der Waals surface area contributed by atoms with Gasteiger partial charge >= 0.3 is 0 Å². The van der Waals surface area contributed by atoms with E-state index in [2.05, 4.69) is 34.1 Å². The fourth-order valence-electron chi connectivity index (χ4n) is 2.38. The Morgan fingerprint density at radius 3 is 2.52 bits per heavy atom. The van der Waals surface area contributed by atoms with Crippen LogP contribution in [0.3, 0.4) is 0 Å². The van der Waals surface area contributed by atoms with Crippen LogP contribution >= 0.6 is 27.3 Å². The van der Waals surface area contributed by atoms with Gasteiger partial charge in [-0.2, -0.15) is 0 Å². The molecule has 0 fully saturated rings. The van der Waals surface area contributed by atoms with Crippen LogP contribution in [0.1, 0.15) is 22.2 Å². The summed E-state index contributed by atoms with van der Waals surface area (Å²) in [6.07, 6.45) is 0. The summed E-state index contributed by atoms with van der Waals surface area (Å²) in [5.74, 6) is 0.683. The zero-order valence-electron chi connectivity index (χ0n) is 12.6. The lowest BCUT2D eigenvalue weighted by Crippen LogP contribution is -1.92. The Morgan fingerprint density at radius 2 is 1.78 bits per heavy atom. The summed E-state index contributed by atoms with van der Waals surface area (Å²) in [5, 5.41) is 0. The molecule has 0 saturated heterocycles. The van der Waals surface area contributed by atoms with Crippen LogP contribution in [0.2, 0.25) is 0 Å². The monoisotopic (exact) mass is 390 g/mol. The van der Waals surface area contributed by atoms with Crippen molar-refractivity contribution in [3.63, 3.8) is 0 Å². The summed E-state index contributed by atoms with van der Waals surface area (Å²) in [5.41, 5.74) is 2.14. The van der Waals surface area contributed by atoms with Crippen LogP contribution in [0.25, 0.3) is 10.4 Å². The highest BCUT2D eigenvalue weighted by Crippen LogP contribution is 2.41. The Morgan fingerprint density at radius 1 is 1.04 bits per heavy atom. The number of alkyl halides is 1. The standard InChI is InChI=1S/C19H16BrFOS/c1-2-22-16-6-4-3-5-15(16)17-11-12-18(23-17)19(20)13-7-9-14(21)10-8-13/h3-12,19H,2H2,1H3. The highest BCUT2D eigenvalue weighted by atomic mass is 79.9. The number of rotatable bonds is 5. The molecule has 0 spiro atoms. The lowest BCUT2D eigenvalue weighted by molar-refractivity contribution is 0.341. The molecule has 0 aliphatic heterocycles. The molecular weight excluding hydrogens is 375 g/mol. The van der Waals surface area contributed by atoms with Gasteiger partial charge in [0.15, 0.2) is 0 Å². The fourth-order valence-corrected chi connectivity index (χ4v) is 4.16. The van der Waals surface area contributed by atoms with E-state index in [1.807, 2.05) is 37.3 Å². The number of halogens is 2. The van der Waals surface area contributed by atoms with Crippen LogP contribution in [0.15, 0.2) is 60.7 Å². The summed E-state index contributed by atoms with van der Waals surface area (Å²) in [4.78, 5) is 2.40. The van der Waals surface area contributed by atoms with E-state index >= 15 is 0 Å². The Hall–Kier alpha value is -1.65. The van der Waals surface area contributed by atoms with Crippen LogP contribution in [-0.4, -0.2) is 6.61 Å². The SMILES string of the molecule is CCOc1ccccc1-c1ccc(C(Br)c2ccc(F)cc2)s1. The minimum atomic E-state index is -0.217. The number of thiophene rings is 1. The van der Waals surface area contributed by atoms with E-state index in [0.717, 1.165) is 21.8 Å². The average molecular weight is 391 g/mol. The number of ether oxygens (including phenoxy) is 1. The van der Waals surface area contributed by atoms with E-state index in [9.17, 15) is 4.39 Å². The predicted molar refractivity (Wildman–Crippen MR) is 98.1 cm³/mol. The molecule has 1 heterocycles. The van der Waals surface area contributed by atoms with Gasteiger partial charge in [-0.3, -0.25) is 0 Å². The van der Waals surface area contributed by atoms with Crippen molar-refractivity contribution < 1.29 is 9.13 Å². The van der Waals surface area contributed by atoms with E-state index in [4.69, 9.17) is 4.74 Å². The van der Waals surface area contributed by atoms with E-state index in [0.29, 0.717) is 6.61 Å². The molecule has 1 unspecified atom stereocenters. The molecule has 3 aromatic rings. The number of para-hydroxylation sites is 1. The quantitative estimate of drug-likeness (QED) is 0.455.